The number of para-hydroxylation sites is 1. The first-order valence-corrected chi connectivity index (χ1v) is 9.93. The van der Waals surface area contributed by atoms with Gasteiger partial charge in [-0.3, -0.25) is 4.79 Å². The van der Waals surface area contributed by atoms with Gasteiger partial charge in [-0.25, -0.2) is 9.67 Å². The van der Waals surface area contributed by atoms with Crippen molar-refractivity contribution < 1.29 is 9.53 Å². The summed E-state index contributed by atoms with van der Waals surface area (Å²) in [6.45, 7) is 2.23. The highest BCUT2D eigenvalue weighted by atomic mass is 127. The summed E-state index contributed by atoms with van der Waals surface area (Å²) < 4.78 is 7.55. The van der Waals surface area contributed by atoms with Gasteiger partial charge in [0.15, 0.2) is 5.96 Å². The Morgan fingerprint density at radius 1 is 1.30 bits per heavy atom. The van der Waals surface area contributed by atoms with Gasteiger partial charge in [0.2, 0.25) is 5.91 Å². The number of nitrogens with one attached hydrogen (secondary N) is 1. The minimum absolute atomic E-state index is 0. The molecule has 0 spiro atoms. The summed E-state index contributed by atoms with van der Waals surface area (Å²) >= 11 is 0. The molecule has 1 amide bonds. The number of aromatic nitrogens is 2. The lowest BCUT2D eigenvalue weighted by atomic mass is 10.2. The van der Waals surface area contributed by atoms with Crippen LogP contribution in [-0.2, 0) is 16.1 Å². The number of guanidine groups is 1. The van der Waals surface area contributed by atoms with Crippen molar-refractivity contribution in [3.05, 3.63) is 48.3 Å². The summed E-state index contributed by atoms with van der Waals surface area (Å²) in [5.74, 6) is 0.648. The van der Waals surface area contributed by atoms with Gasteiger partial charge < -0.3 is 19.9 Å². The molecule has 0 saturated carbocycles. The zero-order valence-corrected chi connectivity index (χ0v) is 20.2. The van der Waals surface area contributed by atoms with Gasteiger partial charge >= 0.3 is 0 Å². The molecule has 3 rings (SSSR count). The molecule has 1 aliphatic heterocycles. The molecule has 0 aliphatic carbocycles. The number of likely N-dealkylation sites (N-methyl/N-ethyl adjacent to an activating group) is 1. The molecule has 9 heteroatoms. The smallest absolute Gasteiger partial charge is 0.243 e. The van der Waals surface area contributed by atoms with Crippen LogP contribution in [0.15, 0.2) is 47.7 Å². The largest absolute Gasteiger partial charge is 0.376 e. The van der Waals surface area contributed by atoms with Crippen LogP contribution < -0.4 is 5.32 Å². The molecule has 2 heterocycles. The van der Waals surface area contributed by atoms with E-state index in [0.717, 1.165) is 30.7 Å². The van der Waals surface area contributed by atoms with Crippen LogP contribution >= 0.6 is 24.0 Å². The minimum Gasteiger partial charge on any atom is -0.376 e. The summed E-state index contributed by atoms with van der Waals surface area (Å²) in [5, 5.41) is 7.82. The number of aliphatic imine (C=N–C) groups is 1. The average Bonchev–Trinajstić information content (AvgIpc) is 3.40. The van der Waals surface area contributed by atoms with Gasteiger partial charge in [-0.15, -0.1) is 24.0 Å². The number of nitrogens with zero attached hydrogens (tertiary/aromatic N) is 5. The number of carbonyl (C=O) groups is 1. The molecule has 1 aromatic carbocycles. The fourth-order valence-electron chi connectivity index (χ4n) is 3.12. The molecule has 1 aliphatic rings. The molecule has 1 N–H and O–H groups in total. The Hall–Kier alpha value is -2.14. The number of amides is 1. The lowest BCUT2D eigenvalue weighted by molar-refractivity contribution is -0.127. The maximum Gasteiger partial charge on any atom is 0.243 e. The lowest BCUT2D eigenvalue weighted by Crippen LogP contribution is -2.42. The van der Waals surface area contributed by atoms with E-state index in [4.69, 9.17) is 4.74 Å². The summed E-state index contributed by atoms with van der Waals surface area (Å²) in [6.07, 6.45) is 6.19. The third kappa shape index (κ3) is 6.98. The highest BCUT2D eigenvalue weighted by Gasteiger charge is 2.17. The molecule has 8 nitrogen and oxygen atoms in total. The van der Waals surface area contributed by atoms with Gasteiger partial charge in [0.1, 0.15) is 6.54 Å². The first-order valence-electron chi connectivity index (χ1n) is 9.93. The van der Waals surface area contributed by atoms with E-state index in [0.29, 0.717) is 19.0 Å². The molecule has 1 saturated heterocycles. The van der Waals surface area contributed by atoms with E-state index in [9.17, 15) is 4.79 Å². The Balaban J connectivity index is 0.00000320. The van der Waals surface area contributed by atoms with E-state index in [2.05, 4.69) is 15.4 Å². The highest BCUT2D eigenvalue weighted by molar-refractivity contribution is 14.0. The number of halogens is 1. The predicted molar refractivity (Wildman–Crippen MR) is 128 cm³/mol. The maximum absolute atomic E-state index is 12.0. The Bertz CT molecular complexity index is 818. The Kier molecular flexibility index (Phi) is 9.57. The van der Waals surface area contributed by atoms with Crippen LogP contribution in [0, 0.1) is 0 Å². The summed E-state index contributed by atoms with van der Waals surface area (Å²) in [7, 11) is 5.43. The molecular formula is C21H31IN6O2. The van der Waals surface area contributed by atoms with Gasteiger partial charge in [-0.05, 0) is 25.0 Å². The first kappa shape index (κ1) is 24.1. The van der Waals surface area contributed by atoms with Crippen molar-refractivity contribution >= 4 is 35.8 Å². The van der Waals surface area contributed by atoms with Gasteiger partial charge in [0.25, 0.3) is 0 Å². The summed E-state index contributed by atoms with van der Waals surface area (Å²) in [6, 6.07) is 10.0. The Morgan fingerprint density at radius 3 is 2.73 bits per heavy atom. The van der Waals surface area contributed by atoms with Crippen molar-refractivity contribution in [2.24, 2.45) is 4.99 Å². The molecule has 2 aromatic rings. The number of hydrogen-bond acceptors (Lipinski definition) is 4. The van der Waals surface area contributed by atoms with Crippen molar-refractivity contribution in [2.75, 3.05) is 40.8 Å². The fourth-order valence-corrected chi connectivity index (χ4v) is 3.12. The molecule has 1 fully saturated rings. The monoisotopic (exact) mass is 526 g/mol. The van der Waals surface area contributed by atoms with Crippen molar-refractivity contribution in [3.63, 3.8) is 0 Å². The quantitative estimate of drug-likeness (QED) is 0.340. The number of carbonyl (C=O) groups excluding carboxylic acids is 1. The molecular weight excluding hydrogens is 495 g/mol. The van der Waals surface area contributed by atoms with E-state index >= 15 is 0 Å². The van der Waals surface area contributed by atoms with Crippen molar-refractivity contribution in [3.8, 4) is 5.69 Å². The number of ether oxygens (including phenoxy) is 1. The second-order valence-electron chi connectivity index (χ2n) is 7.43. The molecule has 30 heavy (non-hydrogen) atoms. The van der Waals surface area contributed by atoms with E-state index in [-0.39, 0.29) is 42.5 Å². The SMILES string of the molecule is CN(C)C(=O)CN=C(NCC1CCCO1)N(C)Cc1cnn(-c2ccccc2)c1.I. The second kappa shape index (κ2) is 11.9. The van der Waals surface area contributed by atoms with Crippen LogP contribution in [0.3, 0.4) is 0 Å². The standard InChI is InChI=1S/C21H30N6O2.HI/c1-25(2)20(28)14-23-21(22-13-19-10-7-11-29-19)26(3)15-17-12-24-27(16-17)18-8-5-4-6-9-18;/h4-6,8-9,12,16,19H,7,10-11,13-15H2,1-3H3,(H,22,23);1H. The number of rotatable bonds is 7. The molecule has 1 unspecified atom stereocenters. The first-order chi connectivity index (χ1) is 14.0. The van der Waals surface area contributed by atoms with E-state index < -0.39 is 0 Å². The summed E-state index contributed by atoms with van der Waals surface area (Å²) in [5.41, 5.74) is 2.07. The van der Waals surface area contributed by atoms with Crippen LogP contribution in [0.25, 0.3) is 5.69 Å². The van der Waals surface area contributed by atoms with Gasteiger partial charge in [-0.2, -0.15) is 5.10 Å². The maximum atomic E-state index is 12.0. The third-order valence-electron chi connectivity index (χ3n) is 4.81. The third-order valence-corrected chi connectivity index (χ3v) is 4.81. The molecule has 164 valence electrons. The van der Waals surface area contributed by atoms with Gasteiger partial charge in [0, 0.05) is 52.6 Å². The minimum atomic E-state index is -0.0355. The van der Waals surface area contributed by atoms with Crippen molar-refractivity contribution in [1.82, 2.24) is 24.9 Å². The molecule has 0 bridgehead atoms. The van der Waals surface area contributed by atoms with Gasteiger partial charge in [0.05, 0.1) is 18.0 Å². The van der Waals surface area contributed by atoms with Crippen molar-refractivity contribution in [1.29, 1.82) is 0 Å². The van der Waals surface area contributed by atoms with Crippen LogP contribution in [0.2, 0.25) is 0 Å². The van der Waals surface area contributed by atoms with Crippen LogP contribution in [-0.4, -0.2) is 78.4 Å². The topological polar surface area (TPSA) is 75.0 Å². The highest BCUT2D eigenvalue weighted by Crippen LogP contribution is 2.12. The number of benzene rings is 1. The second-order valence-corrected chi connectivity index (χ2v) is 7.43. The Labute approximate surface area is 195 Å². The average molecular weight is 526 g/mol. The van der Waals surface area contributed by atoms with E-state index in [1.54, 1.807) is 19.0 Å². The predicted octanol–water partition coefficient (Wildman–Crippen LogP) is 2.13. The van der Waals surface area contributed by atoms with Crippen molar-refractivity contribution in [2.45, 2.75) is 25.5 Å². The zero-order chi connectivity index (χ0) is 20.6. The summed E-state index contributed by atoms with van der Waals surface area (Å²) in [4.78, 5) is 20.1. The molecule has 1 atom stereocenters. The number of hydrogen-bond donors (Lipinski definition) is 1. The van der Waals surface area contributed by atoms with E-state index in [1.807, 2.05) is 59.4 Å². The Morgan fingerprint density at radius 2 is 2.07 bits per heavy atom. The lowest BCUT2D eigenvalue weighted by Gasteiger charge is -2.23. The molecule has 0 radical (unpaired) electrons. The van der Waals surface area contributed by atoms with Gasteiger partial charge in [-0.1, -0.05) is 18.2 Å². The normalized spacial score (nSPS) is 16.1. The van der Waals surface area contributed by atoms with Crippen LogP contribution in [0.4, 0.5) is 0 Å². The zero-order valence-electron chi connectivity index (χ0n) is 17.8. The van der Waals surface area contributed by atoms with E-state index in [1.165, 1.54) is 0 Å². The molecule has 1 aromatic heterocycles. The fraction of sp³-hybridized carbons (Fsp3) is 0.476. The van der Waals surface area contributed by atoms with Crippen LogP contribution in [0.5, 0.6) is 0 Å². The van der Waals surface area contributed by atoms with Crippen LogP contribution in [0.1, 0.15) is 18.4 Å².